The van der Waals surface area contributed by atoms with Crippen molar-refractivity contribution >= 4 is 23.0 Å². The van der Waals surface area contributed by atoms with E-state index in [0.29, 0.717) is 11.2 Å². The zero-order valence-corrected chi connectivity index (χ0v) is 17.5. The lowest BCUT2D eigenvalue weighted by Crippen LogP contribution is -2.59. The Bertz CT molecular complexity index is 668. The summed E-state index contributed by atoms with van der Waals surface area (Å²) in [4.78, 5) is 5.27. The van der Waals surface area contributed by atoms with Crippen molar-refractivity contribution < 1.29 is 9.47 Å². The van der Waals surface area contributed by atoms with Crippen molar-refractivity contribution in [3.63, 3.8) is 0 Å². The van der Waals surface area contributed by atoms with Crippen molar-refractivity contribution in [2.24, 2.45) is 11.8 Å². The van der Waals surface area contributed by atoms with Crippen LogP contribution in [0.3, 0.4) is 0 Å². The second-order valence-electron chi connectivity index (χ2n) is 8.17. The van der Waals surface area contributed by atoms with Gasteiger partial charge in [0.25, 0.3) is 0 Å². The SMILES string of the molecule is COc1cccc(NC(=S)NC[C@H]2C[C@@H]3CCN2C[C@@H]3CN2CCOCC2)c1. The van der Waals surface area contributed by atoms with Crippen molar-refractivity contribution in [3.05, 3.63) is 24.3 Å². The second-order valence-corrected chi connectivity index (χ2v) is 8.58. The van der Waals surface area contributed by atoms with Crippen molar-refractivity contribution in [1.29, 1.82) is 0 Å². The molecule has 4 heterocycles. The number of thiocarbonyl (C=S) groups is 1. The van der Waals surface area contributed by atoms with Gasteiger partial charge in [0.15, 0.2) is 5.11 Å². The summed E-state index contributed by atoms with van der Waals surface area (Å²) in [6.45, 7) is 8.59. The number of anilines is 1. The van der Waals surface area contributed by atoms with Gasteiger partial charge in [-0.25, -0.2) is 0 Å². The Morgan fingerprint density at radius 3 is 2.89 bits per heavy atom. The lowest BCUT2D eigenvalue weighted by atomic mass is 9.75. The summed E-state index contributed by atoms with van der Waals surface area (Å²) in [6.07, 6.45) is 2.63. The fourth-order valence-corrected chi connectivity index (χ4v) is 5.07. The van der Waals surface area contributed by atoms with Gasteiger partial charge in [-0.3, -0.25) is 9.80 Å². The van der Waals surface area contributed by atoms with Crippen molar-refractivity contribution in [1.82, 2.24) is 15.1 Å². The summed E-state index contributed by atoms with van der Waals surface area (Å²) in [5, 5.41) is 7.38. The lowest BCUT2D eigenvalue weighted by Gasteiger charge is -2.51. The highest BCUT2D eigenvalue weighted by Crippen LogP contribution is 2.36. The molecule has 1 aromatic rings. The van der Waals surface area contributed by atoms with E-state index in [2.05, 4.69) is 20.4 Å². The van der Waals surface area contributed by atoms with E-state index in [9.17, 15) is 0 Å². The maximum atomic E-state index is 5.50. The van der Waals surface area contributed by atoms with Crippen LogP contribution in [-0.4, -0.2) is 80.5 Å². The molecule has 4 fully saturated rings. The van der Waals surface area contributed by atoms with Crippen molar-refractivity contribution in [3.8, 4) is 5.75 Å². The zero-order valence-electron chi connectivity index (χ0n) is 16.7. The number of benzene rings is 1. The summed E-state index contributed by atoms with van der Waals surface area (Å²) in [7, 11) is 1.68. The number of rotatable bonds is 6. The monoisotopic (exact) mass is 404 g/mol. The Hall–Kier alpha value is -1.41. The normalized spacial score (nSPS) is 30.0. The van der Waals surface area contributed by atoms with E-state index in [0.717, 1.165) is 56.1 Å². The van der Waals surface area contributed by atoms with Crippen LogP contribution in [0.2, 0.25) is 0 Å². The minimum atomic E-state index is 0.588. The standard InChI is InChI=1S/C21H32N4O2S/c1-26-20-4-2-3-18(12-20)23-21(28)22-13-19-11-16-5-6-25(19)15-17(16)14-24-7-9-27-10-8-24/h2-4,12,16-17,19H,5-11,13-15H2,1H3,(H2,22,23,28)/t16-,17-,19+/m0/s1. The maximum Gasteiger partial charge on any atom is 0.170 e. The van der Waals surface area contributed by atoms with E-state index in [-0.39, 0.29) is 0 Å². The van der Waals surface area contributed by atoms with Crippen LogP contribution in [0, 0.1) is 11.8 Å². The first-order valence-electron chi connectivity index (χ1n) is 10.4. The Morgan fingerprint density at radius 1 is 1.29 bits per heavy atom. The highest BCUT2D eigenvalue weighted by molar-refractivity contribution is 7.80. The van der Waals surface area contributed by atoms with Crippen LogP contribution in [-0.2, 0) is 4.74 Å². The van der Waals surface area contributed by atoms with Gasteiger partial charge in [0, 0.05) is 50.5 Å². The van der Waals surface area contributed by atoms with Crippen LogP contribution in [0.1, 0.15) is 12.8 Å². The molecule has 4 saturated heterocycles. The fourth-order valence-electron chi connectivity index (χ4n) is 4.87. The number of hydrogen-bond donors (Lipinski definition) is 2. The molecule has 2 bridgehead atoms. The highest BCUT2D eigenvalue weighted by Gasteiger charge is 2.40. The van der Waals surface area contributed by atoms with E-state index in [1.54, 1.807) is 7.11 Å². The number of nitrogens with one attached hydrogen (secondary N) is 2. The molecule has 0 radical (unpaired) electrons. The number of ether oxygens (including phenoxy) is 2. The molecule has 28 heavy (non-hydrogen) atoms. The molecular weight excluding hydrogens is 372 g/mol. The quantitative estimate of drug-likeness (QED) is 0.704. The Kier molecular flexibility index (Phi) is 6.67. The molecule has 7 heteroatoms. The molecule has 5 rings (SSSR count). The van der Waals surface area contributed by atoms with Crippen LogP contribution in [0.4, 0.5) is 5.69 Å². The minimum absolute atomic E-state index is 0.588. The van der Waals surface area contributed by atoms with Crippen molar-refractivity contribution in [2.75, 3.05) is 64.9 Å². The lowest BCUT2D eigenvalue weighted by molar-refractivity contribution is -0.0286. The summed E-state index contributed by atoms with van der Waals surface area (Å²) in [6, 6.07) is 8.44. The topological polar surface area (TPSA) is 49.0 Å². The molecule has 2 N–H and O–H groups in total. The van der Waals surface area contributed by atoms with Gasteiger partial charge < -0.3 is 20.1 Å². The molecule has 0 aromatic heterocycles. The van der Waals surface area contributed by atoms with Gasteiger partial charge in [-0.05, 0) is 55.6 Å². The Morgan fingerprint density at radius 2 is 2.14 bits per heavy atom. The summed E-state index contributed by atoms with van der Waals surface area (Å²) >= 11 is 5.50. The zero-order chi connectivity index (χ0) is 19.3. The van der Waals surface area contributed by atoms with Gasteiger partial charge >= 0.3 is 0 Å². The largest absolute Gasteiger partial charge is 0.497 e. The number of methoxy groups -OCH3 is 1. The van der Waals surface area contributed by atoms with Crippen LogP contribution in [0.15, 0.2) is 24.3 Å². The van der Waals surface area contributed by atoms with Gasteiger partial charge in [-0.2, -0.15) is 0 Å². The molecule has 6 nitrogen and oxygen atoms in total. The van der Waals surface area contributed by atoms with E-state index in [1.807, 2.05) is 24.3 Å². The molecule has 4 aliphatic heterocycles. The molecule has 154 valence electrons. The summed E-state index contributed by atoms with van der Waals surface area (Å²) in [5.74, 6) is 2.49. The van der Waals surface area contributed by atoms with Crippen molar-refractivity contribution in [2.45, 2.75) is 18.9 Å². The maximum absolute atomic E-state index is 5.50. The molecule has 4 aliphatic rings. The molecular formula is C21H32N4O2S. The molecule has 1 aromatic carbocycles. The van der Waals surface area contributed by atoms with Crippen LogP contribution >= 0.6 is 12.2 Å². The number of hydrogen-bond acceptors (Lipinski definition) is 5. The Balaban J connectivity index is 1.23. The molecule has 0 aliphatic carbocycles. The number of fused-ring (bicyclic) bond motifs is 3. The third-order valence-electron chi connectivity index (χ3n) is 6.44. The first-order chi connectivity index (χ1) is 13.7. The second kappa shape index (κ2) is 9.39. The number of piperidine rings is 3. The fraction of sp³-hybridized carbons (Fsp3) is 0.667. The molecule has 0 spiro atoms. The number of nitrogens with zero attached hydrogens (tertiary/aromatic N) is 2. The van der Waals surface area contributed by atoms with E-state index in [1.165, 1.54) is 32.5 Å². The highest BCUT2D eigenvalue weighted by atomic mass is 32.1. The summed E-state index contributed by atoms with van der Waals surface area (Å²) < 4.78 is 10.8. The summed E-state index contributed by atoms with van der Waals surface area (Å²) in [5.41, 5.74) is 0.952. The molecule has 4 atom stereocenters. The van der Waals surface area contributed by atoms with Gasteiger partial charge in [0.1, 0.15) is 5.75 Å². The third-order valence-corrected chi connectivity index (χ3v) is 6.68. The van der Waals surface area contributed by atoms with Gasteiger partial charge in [0.05, 0.1) is 20.3 Å². The minimum Gasteiger partial charge on any atom is -0.497 e. The predicted molar refractivity (Wildman–Crippen MR) is 116 cm³/mol. The van der Waals surface area contributed by atoms with Crippen LogP contribution < -0.4 is 15.4 Å². The van der Waals surface area contributed by atoms with E-state index < -0.39 is 0 Å². The van der Waals surface area contributed by atoms with Gasteiger partial charge in [-0.15, -0.1) is 0 Å². The van der Waals surface area contributed by atoms with Gasteiger partial charge in [-0.1, -0.05) is 6.07 Å². The first kappa shape index (κ1) is 19.9. The third kappa shape index (κ3) is 4.95. The average Bonchev–Trinajstić information content (AvgIpc) is 2.74. The first-order valence-corrected chi connectivity index (χ1v) is 10.8. The van der Waals surface area contributed by atoms with Crippen LogP contribution in [0.5, 0.6) is 5.75 Å². The van der Waals surface area contributed by atoms with Gasteiger partial charge in [0.2, 0.25) is 0 Å². The predicted octanol–water partition coefficient (Wildman–Crippen LogP) is 2.02. The van der Waals surface area contributed by atoms with Crippen LogP contribution in [0.25, 0.3) is 0 Å². The number of morpholine rings is 1. The Labute approximate surface area is 173 Å². The average molecular weight is 405 g/mol. The smallest absolute Gasteiger partial charge is 0.170 e. The molecule has 0 amide bonds. The molecule has 0 saturated carbocycles. The van der Waals surface area contributed by atoms with E-state index in [4.69, 9.17) is 21.7 Å². The van der Waals surface area contributed by atoms with E-state index >= 15 is 0 Å². The molecule has 1 unspecified atom stereocenters.